The summed E-state index contributed by atoms with van der Waals surface area (Å²) >= 11 is 0. The molecule has 2 saturated heterocycles. The van der Waals surface area contributed by atoms with E-state index in [0.717, 1.165) is 37.0 Å². The molecule has 46 heavy (non-hydrogen) atoms. The van der Waals surface area contributed by atoms with Gasteiger partial charge in [0.15, 0.2) is 0 Å². The molecule has 0 saturated carbocycles. The molecule has 2 aliphatic rings. The van der Waals surface area contributed by atoms with Crippen LogP contribution in [0.2, 0.25) is 0 Å². The van der Waals surface area contributed by atoms with Crippen molar-refractivity contribution in [1.82, 2.24) is 19.9 Å². The molecule has 0 aliphatic carbocycles. The number of primary amides is 1. The molecule has 2 aliphatic heterocycles. The minimum Gasteiger partial charge on any atom is -0.495 e. The fraction of sp³-hybridized carbons (Fsp3) is 0.303. The van der Waals surface area contributed by atoms with Crippen LogP contribution in [0.3, 0.4) is 0 Å². The van der Waals surface area contributed by atoms with Crippen molar-refractivity contribution in [2.45, 2.75) is 18.9 Å². The molecule has 0 radical (unpaired) electrons. The van der Waals surface area contributed by atoms with E-state index in [-0.39, 0.29) is 17.5 Å². The van der Waals surface area contributed by atoms with E-state index in [0.29, 0.717) is 59.8 Å². The third kappa shape index (κ3) is 7.67. The average Bonchev–Trinajstić information content (AvgIpc) is 3.03. The minimum atomic E-state index is -0.501. The number of likely N-dealkylation sites (tertiary alicyclic amines) is 1. The Bertz CT molecular complexity index is 1700. The predicted octanol–water partition coefficient (Wildman–Crippen LogP) is 4.51. The van der Waals surface area contributed by atoms with Crippen LogP contribution in [-0.4, -0.2) is 78.4 Å². The van der Waals surface area contributed by atoms with Crippen LogP contribution in [0, 0.1) is 11.7 Å². The zero-order valence-electron chi connectivity index (χ0n) is 25.8. The van der Waals surface area contributed by atoms with Gasteiger partial charge in [0, 0.05) is 48.9 Å². The quantitative estimate of drug-likeness (QED) is 0.168. The van der Waals surface area contributed by atoms with Crippen LogP contribution in [0.5, 0.6) is 17.2 Å². The molecule has 2 fully saturated rings. The molecule has 6 rings (SSSR count). The van der Waals surface area contributed by atoms with Gasteiger partial charge in [0.05, 0.1) is 29.9 Å². The maximum atomic E-state index is 15.3. The van der Waals surface area contributed by atoms with Crippen molar-refractivity contribution in [2.75, 3.05) is 55.9 Å². The summed E-state index contributed by atoms with van der Waals surface area (Å²) < 4.78 is 26.8. The number of nitrogens with one attached hydrogen (secondary N) is 2. The van der Waals surface area contributed by atoms with Crippen molar-refractivity contribution in [3.8, 4) is 17.2 Å². The topological polar surface area (TPSA) is 148 Å². The van der Waals surface area contributed by atoms with Crippen molar-refractivity contribution in [2.24, 2.45) is 11.7 Å². The van der Waals surface area contributed by atoms with E-state index in [1.165, 1.54) is 18.5 Å². The highest BCUT2D eigenvalue weighted by Crippen LogP contribution is 2.35. The standard InChI is InChI=1S/C30H33FN8O3.C3H4O/c1-38-9-6-19(7-10-38)36-26-13-22-25(14-27(26)41-2)34-17-35-30(22)37-24-4-3-20(11-23(24)31)42-21-5-8-33-28(12-21)39-15-18(16-39)29(32)40;1-2-3-4/h3-5,8,11-14,17-19,36H,6-7,9-10,15-16H2,1-2H3,(H2,32,40)(H,34,35,37);2-3H,1H2. The Balaban J connectivity index is 0.000000985. The molecular weight excluding hydrogens is 591 g/mol. The Morgan fingerprint density at radius 2 is 1.80 bits per heavy atom. The molecule has 4 N–H and O–H groups in total. The number of allylic oxidation sites excluding steroid dienone is 1. The van der Waals surface area contributed by atoms with Crippen LogP contribution in [-0.2, 0) is 9.59 Å². The smallest absolute Gasteiger partial charge is 0.224 e. The van der Waals surface area contributed by atoms with Gasteiger partial charge in [-0.3, -0.25) is 9.59 Å². The van der Waals surface area contributed by atoms with E-state index in [2.05, 4.69) is 44.1 Å². The highest BCUT2D eigenvalue weighted by Gasteiger charge is 2.32. The molecule has 0 bridgehead atoms. The van der Waals surface area contributed by atoms with E-state index in [9.17, 15) is 4.79 Å². The van der Waals surface area contributed by atoms with Gasteiger partial charge in [-0.2, -0.15) is 0 Å². The molecule has 12 nitrogen and oxygen atoms in total. The zero-order chi connectivity index (χ0) is 32.6. The number of rotatable bonds is 10. The van der Waals surface area contributed by atoms with Gasteiger partial charge in [0.25, 0.3) is 0 Å². The highest BCUT2D eigenvalue weighted by molar-refractivity contribution is 5.95. The van der Waals surface area contributed by atoms with Gasteiger partial charge in [-0.05, 0) is 63.3 Å². The molecule has 0 unspecified atom stereocenters. The second kappa shape index (κ2) is 14.7. The fourth-order valence-corrected chi connectivity index (χ4v) is 5.24. The largest absolute Gasteiger partial charge is 0.495 e. The van der Waals surface area contributed by atoms with Crippen LogP contribution in [0.25, 0.3) is 10.9 Å². The number of hydrogen-bond donors (Lipinski definition) is 3. The lowest BCUT2D eigenvalue weighted by molar-refractivity contribution is -0.122. The van der Waals surface area contributed by atoms with Crippen LogP contribution >= 0.6 is 0 Å². The molecule has 2 aromatic heterocycles. The molecule has 240 valence electrons. The molecule has 4 aromatic rings. The number of anilines is 4. The Morgan fingerprint density at radius 1 is 1.07 bits per heavy atom. The highest BCUT2D eigenvalue weighted by atomic mass is 19.1. The number of carbonyl (C=O) groups excluding carboxylic acids is 2. The third-order valence-corrected chi connectivity index (χ3v) is 7.89. The molecule has 0 spiro atoms. The van der Waals surface area contributed by atoms with Gasteiger partial charge in [0.1, 0.15) is 47.3 Å². The summed E-state index contributed by atoms with van der Waals surface area (Å²) in [4.78, 5) is 37.8. The van der Waals surface area contributed by atoms with E-state index in [4.69, 9.17) is 20.0 Å². The Morgan fingerprint density at radius 3 is 2.48 bits per heavy atom. The first-order valence-corrected chi connectivity index (χ1v) is 14.9. The third-order valence-electron chi connectivity index (χ3n) is 7.89. The van der Waals surface area contributed by atoms with Crippen LogP contribution in [0.15, 0.2) is 67.6 Å². The van der Waals surface area contributed by atoms with Gasteiger partial charge in [-0.15, -0.1) is 0 Å². The molecular formula is C33H37FN8O4. The second-order valence-corrected chi connectivity index (χ2v) is 11.1. The number of methoxy groups -OCH3 is 1. The second-order valence-electron chi connectivity index (χ2n) is 11.1. The Hall–Kier alpha value is -5.30. The number of nitrogens with two attached hydrogens (primary N) is 1. The van der Waals surface area contributed by atoms with E-state index >= 15 is 4.39 Å². The summed E-state index contributed by atoms with van der Waals surface area (Å²) in [6, 6.07) is 12.2. The summed E-state index contributed by atoms with van der Waals surface area (Å²) in [5.74, 6) is 1.67. The van der Waals surface area contributed by atoms with Gasteiger partial charge in [-0.1, -0.05) is 6.58 Å². The van der Waals surface area contributed by atoms with Crippen molar-refractivity contribution in [3.05, 3.63) is 73.5 Å². The number of amides is 1. The lowest BCUT2D eigenvalue weighted by Gasteiger charge is -2.38. The number of ether oxygens (including phenoxy) is 2. The number of pyridine rings is 1. The molecule has 1 amide bonds. The zero-order valence-corrected chi connectivity index (χ0v) is 25.8. The summed E-state index contributed by atoms with van der Waals surface area (Å²) in [5.41, 5.74) is 7.13. The van der Waals surface area contributed by atoms with Crippen molar-refractivity contribution in [1.29, 1.82) is 0 Å². The first-order chi connectivity index (χ1) is 22.3. The number of fused-ring (bicyclic) bond motifs is 1. The fourth-order valence-electron chi connectivity index (χ4n) is 5.24. The summed E-state index contributed by atoms with van der Waals surface area (Å²) in [6.45, 7) is 6.20. The Kier molecular flexibility index (Phi) is 10.2. The maximum absolute atomic E-state index is 15.3. The lowest BCUT2D eigenvalue weighted by Crippen LogP contribution is -2.52. The molecule has 2 aromatic carbocycles. The first kappa shape index (κ1) is 32.1. The summed E-state index contributed by atoms with van der Waals surface area (Å²) in [7, 11) is 3.77. The van der Waals surface area contributed by atoms with Crippen LogP contribution in [0.1, 0.15) is 12.8 Å². The monoisotopic (exact) mass is 628 g/mol. The van der Waals surface area contributed by atoms with Gasteiger partial charge >= 0.3 is 0 Å². The molecule has 4 heterocycles. The number of piperidine rings is 1. The number of nitrogens with zero attached hydrogens (tertiary/aromatic N) is 5. The van der Waals surface area contributed by atoms with Gasteiger partial charge in [0.2, 0.25) is 5.91 Å². The minimum absolute atomic E-state index is 0.179. The number of carbonyl (C=O) groups is 2. The van der Waals surface area contributed by atoms with E-state index < -0.39 is 5.82 Å². The normalized spacial score (nSPS) is 15.2. The van der Waals surface area contributed by atoms with Crippen molar-refractivity contribution in [3.63, 3.8) is 0 Å². The number of hydrogen-bond acceptors (Lipinski definition) is 11. The first-order valence-electron chi connectivity index (χ1n) is 14.9. The SMILES string of the molecule is C=CC=O.COc1cc2ncnc(Nc3ccc(Oc4ccnc(N5CC(C(N)=O)C5)c4)cc3F)c2cc1NC1CCN(C)CC1. The number of benzene rings is 2. The average molecular weight is 629 g/mol. The van der Waals surface area contributed by atoms with E-state index in [1.54, 1.807) is 37.6 Å². The van der Waals surface area contributed by atoms with E-state index in [1.807, 2.05) is 17.0 Å². The lowest BCUT2D eigenvalue weighted by atomic mass is 10.00. The summed E-state index contributed by atoms with van der Waals surface area (Å²) in [5, 5.41) is 7.48. The van der Waals surface area contributed by atoms with Crippen molar-refractivity contribution < 1.29 is 23.5 Å². The van der Waals surface area contributed by atoms with Crippen molar-refractivity contribution >= 4 is 46.1 Å². The van der Waals surface area contributed by atoms with Crippen LogP contribution < -0.4 is 30.7 Å². The summed E-state index contributed by atoms with van der Waals surface area (Å²) in [6.07, 6.45) is 6.94. The Labute approximate surface area is 266 Å². The number of aldehydes is 1. The number of aromatic nitrogens is 3. The van der Waals surface area contributed by atoms with Gasteiger partial charge < -0.3 is 35.6 Å². The van der Waals surface area contributed by atoms with Gasteiger partial charge in [-0.25, -0.2) is 19.3 Å². The molecule has 13 heteroatoms. The maximum Gasteiger partial charge on any atom is 0.224 e. The van der Waals surface area contributed by atoms with Crippen LogP contribution in [0.4, 0.5) is 27.4 Å². The number of halogens is 1. The molecule has 0 atom stereocenters. The predicted molar refractivity (Wildman–Crippen MR) is 175 cm³/mol.